The van der Waals surface area contributed by atoms with Crippen molar-refractivity contribution < 1.29 is 9.90 Å². The average Bonchev–Trinajstić information content (AvgIpc) is 2.85. The largest absolute Gasteiger partial charge is 0.481 e. The molecule has 1 unspecified atom stereocenters. The van der Waals surface area contributed by atoms with Crippen LogP contribution in [0.4, 0.5) is 0 Å². The Bertz CT molecular complexity index is 312. The molecule has 4 nitrogen and oxygen atoms in total. The average molecular weight is 282 g/mol. The first-order valence-electron chi connectivity index (χ1n) is 8.22. The summed E-state index contributed by atoms with van der Waals surface area (Å²) in [4.78, 5) is 15.9. The SMILES string of the molecule is CC(C)CN1CCC(N2CCC(CCC(=O)O)C2)CC1. The lowest BCUT2D eigenvalue weighted by Crippen LogP contribution is -2.44. The van der Waals surface area contributed by atoms with Gasteiger partial charge in [0.05, 0.1) is 0 Å². The fraction of sp³-hybridized carbons (Fsp3) is 0.938. The highest BCUT2D eigenvalue weighted by Crippen LogP contribution is 2.27. The Morgan fingerprint density at radius 1 is 1.20 bits per heavy atom. The maximum Gasteiger partial charge on any atom is 0.303 e. The van der Waals surface area contributed by atoms with Gasteiger partial charge < -0.3 is 14.9 Å². The minimum Gasteiger partial charge on any atom is -0.481 e. The van der Waals surface area contributed by atoms with Crippen molar-refractivity contribution >= 4 is 5.97 Å². The van der Waals surface area contributed by atoms with E-state index in [9.17, 15) is 4.79 Å². The Labute approximate surface area is 123 Å². The first-order valence-corrected chi connectivity index (χ1v) is 8.22. The highest BCUT2D eigenvalue weighted by molar-refractivity contribution is 5.66. The molecule has 0 aromatic carbocycles. The Morgan fingerprint density at radius 2 is 1.90 bits per heavy atom. The van der Waals surface area contributed by atoms with E-state index in [0.717, 1.165) is 24.9 Å². The second-order valence-electron chi connectivity index (χ2n) is 7.01. The summed E-state index contributed by atoms with van der Waals surface area (Å²) < 4.78 is 0. The van der Waals surface area contributed by atoms with Crippen LogP contribution in [0, 0.1) is 11.8 Å². The lowest BCUT2D eigenvalue weighted by atomic mass is 10.0. The van der Waals surface area contributed by atoms with E-state index in [0.29, 0.717) is 12.3 Å². The molecule has 2 aliphatic rings. The van der Waals surface area contributed by atoms with E-state index in [1.807, 2.05) is 0 Å². The molecule has 1 atom stereocenters. The monoisotopic (exact) mass is 282 g/mol. The number of carboxylic acid groups (broad SMARTS) is 1. The van der Waals surface area contributed by atoms with Crippen LogP contribution in [0.15, 0.2) is 0 Å². The van der Waals surface area contributed by atoms with Crippen molar-refractivity contribution in [3.05, 3.63) is 0 Å². The van der Waals surface area contributed by atoms with Crippen LogP contribution in [0.25, 0.3) is 0 Å². The van der Waals surface area contributed by atoms with Crippen molar-refractivity contribution in [2.24, 2.45) is 11.8 Å². The third kappa shape index (κ3) is 4.74. The van der Waals surface area contributed by atoms with Gasteiger partial charge in [-0.15, -0.1) is 0 Å². The van der Waals surface area contributed by atoms with Crippen LogP contribution in [0.1, 0.15) is 46.0 Å². The van der Waals surface area contributed by atoms with Gasteiger partial charge in [0.1, 0.15) is 0 Å². The van der Waals surface area contributed by atoms with Crippen molar-refractivity contribution in [1.82, 2.24) is 9.80 Å². The maximum atomic E-state index is 10.6. The molecule has 2 saturated heterocycles. The Morgan fingerprint density at radius 3 is 2.50 bits per heavy atom. The van der Waals surface area contributed by atoms with Crippen LogP contribution in [0.5, 0.6) is 0 Å². The second kappa shape index (κ2) is 7.41. The van der Waals surface area contributed by atoms with E-state index in [2.05, 4.69) is 23.6 Å². The molecule has 4 heteroatoms. The zero-order chi connectivity index (χ0) is 14.5. The number of carboxylic acids is 1. The number of likely N-dealkylation sites (tertiary alicyclic amines) is 2. The molecular formula is C16H30N2O2. The Kier molecular flexibility index (Phi) is 5.85. The predicted molar refractivity (Wildman–Crippen MR) is 80.8 cm³/mol. The van der Waals surface area contributed by atoms with Gasteiger partial charge in [-0.3, -0.25) is 4.79 Å². The highest BCUT2D eigenvalue weighted by Gasteiger charge is 2.30. The summed E-state index contributed by atoms with van der Waals surface area (Å²) in [5, 5.41) is 8.77. The van der Waals surface area contributed by atoms with Gasteiger partial charge in [-0.05, 0) is 57.2 Å². The first-order chi connectivity index (χ1) is 9.54. The molecule has 2 heterocycles. The van der Waals surface area contributed by atoms with E-state index >= 15 is 0 Å². The number of hydrogen-bond acceptors (Lipinski definition) is 3. The van der Waals surface area contributed by atoms with Crippen LogP contribution in [-0.2, 0) is 4.79 Å². The van der Waals surface area contributed by atoms with Gasteiger partial charge in [-0.2, -0.15) is 0 Å². The summed E-state index contributed by atoms with van der Waals surface area (Å²) in [6, 6.07) is 0.744. The molecule has 0 spiro atoms. The first kappa shape index (κ1) is 15.8. The van der Waals surface area contributed by atoms with E-state index in [1.165, 1.54) is 45.4 Å². The topological polar surface area (TPSA) is 43.8 Å². The van der Waals surface area contributed by atoms with Crippen molar-refractivity contribution in [1.29, 1.82) is 0 Å². The van der Waals surface area contributed by atoms with Crippen molar-refractivity contribution in [3.63, 3.8) is 0 Å². The fourth-order valence-electron chi connectivity index (χ4n) is 3.74. The van der Waals surface area contributed by atoms with E-state index in [1.54, 1.807) is 0 Å². The minimum atomic E-state index is -0.648. The van der Waals surface area contributed by atoms with Gasteiger partial charge in [-0.1, -0.05) is 13.8 Å². The van der Waals surface area contributed by atoms with Gasteiger partial charge >= 0.3 is 5.97 Å². The normalized spacial score (nSPS) is 26.4. The van der Waals surface area contributed by atoms with Gasteiger partial charge in [0.25, 0.3) is 0 Å². The molecule has 2 rings (SSSR count). The quantitative estimate of drug-likeness (QED) is 0.812. The number of nitrogens with zero attached hydrogens (tertiary/aromatic N) is 2. The summed E-state index contributed by atoms with van der Waals surface area (Å²) in [5.74, 6) is 0.726. The van der Waals surface area contributed by atoms with Crippen molar-refractivity contribution in [2.45, 2.75) is 52.0 Å². The molecule has 2 fully saturated rings. The molecule has 0 aromatic heterocycles. The summed E-state index contributed by atoms with van der Waals surface area (Å²) >= 11 is 0. The molecule has 1 N–H and O–H groups in total. The van der Waals surface area contributed by atoms with E-state index in [4.69, 9.17) is 5.11 Å². The molecule has 20 heavy (non-hydrogen) atoms. The molecule has 0 radical (unpaired) electrons. The van der Waals surface area contributed by atoms with Crippen molar-refractivity contribution in [3.8, 4) is 0 Å². The van der Waals surface area contributed by atoms with Gasteiger partial charge in [0.15, 0.2) is 0 Å². The summed E-state index contributed by atoms with van der Waals surface area (Å²) in [5.41, 5.74) is 0. The van der Waals surface area contributed by atoms with Crippen LogP contribution in [-0.4, -0.2) is 59.6 Å². The number of carbonyl (C=O) groups is 1. The molecule has 0 aliphatic carbocycles. The second-order valence-corrected chi connectivity index (χ2v) is 7.01. The van der Waals surface area contributed by atoms with E-state index in [-0.39, 0.29) is 0 Å². The summed E-state index contributed by atoms with van der Waals surface area (Å²) in [6.07, 6.45) is 4.97. The van der Waals surface area contributed by atoms with Crippen LogP contribution < -0.4 is 0 Å². The number of aliphatic carboxylic acids is 1. The fourth-order valence-corrected chi connectivity index (χ4v) is 3.74. The predicted octanol–water partition coefficient (Wildman–Crippen LogP) is 2.29. The molecule has 116 valence electrons. The van der Waals surface area contributed by atoms with Crippen molar-refractivity contribution in [2.75, 3.05) is 32.7 Å². The smallest absolute Gasteiger partial charge is 0.303 e. The molecule has 0 amide bonds. The molecule has 0 aromatic rings. The lowest BCUT2D eigenvalue weighted by molar-refractivity contribution is -0.137. The third-order valence-corrected chi connectivity index (χ3v) is 4.78. The zero-order valence-corrected chi connectivity index (χ0v) is 13.1. The van der Waals surface area contributed by atoms with Crippen LogP contribution >= 0.6 is 0 Å². The Balaban J connectivity index is 1.68. The summed E-state index contributed by atoms with van der Waals surface area (Å²) in [6.45, 7) is 10.6. The molecule has 0 saturated carbocycles. The zero-order valence-electron chi connectivity index (χ0n) is 13.1. The molecule has 2 aliphatic heterocycles. The van der Waals surface area contributed by atoms with Gasteiger partial charge in [0, 0.05) is 25.6 Å². The summed E-state index contributed by atoms with van der Waals surface area (Å²) in [7, 11) is 0. The molecule has 0 bridgehead atoms. The number of rotatable bonds is 6. The minimum absolute atomic E-state index is 0.339. The highest BCUT2D eigenvalue weighted by atomic mass is 16.4. The van der Waals surface area contributed by atoms with Gasteiger partial charge in [-0.25, -0.2) is 0 Å². The van der Waals surface area contributed by atoms with Crippen LogP contribution in [0.2, 0.25) is 0 Å². The number of hydrogen-bond donors (Lipinski definition) is 1. The molecular weight excluding hydrogens is 252 g/mol. The van der Waals surface area contributed by atoms with E-state index < -0.39 is 5.97 Å². The lowest BCUT2D eigenvalue weighted by Gasteiger charge is -2.37. The maximum absolute atomic E-state index is 10.6. The van der Waals surface area contributed by atoms with Gasteiger partial charge in [0.2, 0.25) is 0 Å². The Hall–Kier alpha value is -0.610. The third-order valence-electron chi connectivity index (χ3n) is 4.78. The number of piperidine rings is 1. The van der Waals surface area contributed by atoms with Crippen LogP contribution in [0.3, 0.4) is 0 Å². The standard InChI is InChI=1S/C16H30N2O2/c1-13(2)11-17-8-6-15(7-9-17)18-10-5-14(12-18)3-4-16(19)20/h13-15H,3-12H2,1-2H3,(H,19,20).